The molecule has 136 valence electrons. The van der Waals surface area contributed by atoms with Crippen LogP contribution >= 0.6 is 0 Å². The molecule has 1 fully saturated rings. The van der Waals surface area contributed by atoms with Crippen LogP contribution in [0.4, 0.5) is 0 Å². The van der Waals surface area contributed by atoms with Gasteiger partial charge in [0.25, 0.3) is 5.91 Å². The smallest absolute Gasteiger partial charge is 0.306 e. The molecule has 1 aromatic heterocycles. The average Bonchev–Trinajstić information content (AvgIpc) is 3.31. The van der Waals surface area contributed by atoms with Gasteiger partial charge in [-0.1, -0.05) is 17.7 Å². The van der Waals surface area contributed by atoms with Gasteiger partial charge in [0.1, 0.15) is 0 Å². The summed E-state index contributed by atoms with van der Waals surface area (Å²) in [6.07, 6.45) is 4.66. The number of aryl methyl sites for hydroxylation is 1. The molecule has 2 aliphatic carbocycles. The third kappa shape index (κ3) is 3.00. The van der Waals surface area contributed by atoms with Crippen LogP contribution in [0.5, 0.6) is 0 Å². The van der Waals surface area contributed by atoms with E-state index in [1.165, 1.54) is 5.56 Å². The van der Waals surface area contributed by atoms with E-state index in [-0.39, 0.29) is 17.9 Å². The summed E-state index contributed by atoms with van der Waals surface area (Å²) >= 11 is 0. The lowest BCUT2D eigenvalue weighted by molar-refractivity contribution is -0.141. The molecule has 26 heavy (non-hydrogen) atoms. The number of nitrogens with zero attached hydrogens (tertiary/aromatic N) is 2. The van der Waals surface area contributed by atoms with Crippen molar-refractivity contribution in [3.63, 3.8) is 0 Å². The second-order valence-corrected chi connectivity index (χ2v) is 7.39. The molecule has 2 atom stereocenters. The first-order valence-corrected chi connectivity index (χ1v) is 9.24. The molecule has 0 unspecified atom stereocenters. The van der Waals surface area contributed by atoms with Crippen LogP contribution in [0.1, 0.15) is 53.0 Å². The van der Waals surface area contributed by atoms with Crippen molar-refractivity contribution in [1.29, 1.82) is 0 Å². The fourth-order valence-electron chi connectivity index (χ4n) is 4.11. The maximum atomic E-state index is 12.8. The maximum Gasteiger partial charge on any atom is 0.306 e. The molecule has 6 heteroatoms. The number of carboxylic acid groups (broad SMARTS) is 1. The van der Waals surface area contributed by atoms with Gasteiger partial charge >= 0.3 is 5.97 Å². The van der Waals surface area contributed by atoms with E-state index >= 15 is 0 Å². The Morgan fingerprint density at radius 3 is 2.65 bits per heavy atom. The Morgan fingerprint density at radius 1 is 1.19 bits per heavy atom. The van der Waals surface area contributed by atoms with Crippen molar-refractivity contribution in [3.05, 3.63) is 46.8 Å². The molecule has 2 aromatic rings. The van der Waals surface area contributed by atoms with Crippen molar-refractivity contribution in [2.45, 2.75) is 51.5 Å². The number of carbonyl (C=O) groups is 2. The van der Waals surface area contributed by atoms with Gasteiger partial charge in [0.05, 0.1) is 11.6 Å². The summed E-state index contributed by atoms with van der Waals surface area (Å²) in [5, 5.41) is 16.8. The van der Waals surface area contributed by atoms with Gasteiger partial charge in [0, 0.05) is 17.3 Å². The number of carbonyl (C=O) groups excluding carboxylic acids is 1. The van der Waals surface area contributed by atoms with E-state index < -0.39 is 5.97 Å². The monoisotopic (exact) mass is 353 g/mol. The topological polar surface area (TPSA) is 84.2 Å². The van der Waals surface area contributed by atoms with Crippen LogP contribution in [-0.2, 0) is 17.6 Å². The summed E-state index contributed by atoms with van der Waals surface area (Å²) in [6.45, 7) is 2.04. The van der Waals surface area contributed by atoms with E-state index in [1.54, 1.807) is 0 Å². The summed E-state index contributed by atoms with van der Waals surface area (Å²) in [7, 11) is 0. The molecular weight excluding hydrogens is 330 g/mol. The molecule has 0 radical (unpaired) electrons. The SMILES string of the molecule is Cc1ccc(-n2nc(C(=O)N[C@@H]3CC[C@H](C(=O)O)C3)c3c2CCC3)cc1. The number of nitrogens with one attached hydrogen (secondary N) is 1. The van der Waals surface area contributed by atoms with Crippen LogP contribution in [-0.4, -0.2) is 32.8 Å². The first-order valence-electron chi connectivity index (χ1n) is 9.24. The van der Waals surface area contributed by atoms with E-state index in [4.69, 9.17) is 5.11 Å². The predicted molar refractivity (Wildman–Crippen MR) is 96.6 cm³/mol. The molecule has 6 nitrogen and oxygen atoms in total. The number of aliphatic carboxylic acids is 1. The van der Waals surface area contributed by atoms with Crippen molar-refractivity contribution in [2.75, 3.05) is 0 Å². The lowest BCUT2D eigenvalue weighted by Gasteiger charge is -2.11. The molecular formula is C20H23N3O3. The second-order valence-electron chi connectivity index (χ2n) is 7.39. The Labute approximate surface area is 152 Å². The molecule has 1 saturated carbocycles. The number of fused-ring (bicyclic) bond motifs is 1. The fraction of sp³-hybridized carbons (Fsp3) is 0.450. The minimum absolute atomic E-state index is 0.0785. The third-order valence-corrected chi connectivity index (χ3v) is 5.54. The van der Waals surface area contributed by atoms with Crippen molar-refractivity contribution in [1.82, 2.24) is 15.1 Å². The largest absolute Gasteiger partial charge is 0.481 e. The summed E-state index contributed by atoms with van der Waals surface area (Å²) in [6, 6.07) is 8.06. The molecule has 0 spiro atoms. The van der Waals surface area contributed by atoms with Gasteiger partial charge < -0.3 is 10.4 Å². The maximum absolute atomic E-state index is 12.8. The number of carboxylic acids is 1. The Balaban J connectivity index is 1.57. The van der Waals surface area contributed by atoms with Gasteiger partial charge in [-0.15, -0.1) is 0 Å². The fourth-order valence-corrected chi connectivity index (χ4v) is 4.11. The second kappa shape index (κ2) is 6.59. The van der Waals surface area contributed by atoms with Crippen molar-refractivity contribution >= 4 is 11.9 Å². The molecule has 1 aromatic carbocycles. The summed E-state index contributed by atoms with van der Waals surface area (Å²) in [5.74, 6) is -1.30. The lowest BCUT2D eigenvalue weighted by atomic mass is 10.1. The van der Waals surface area contributed by atoms with Crippen LogP contribution in [0.25, 0.3) is 5.69 Å². The summed E-state index contributed by atoms with van der Waals surface area (Å²) < 4.78 is 1.89. The van der Waals surface area contributed by atoms with E-state index in [0.29, 0.717) is 25.0 Å². The van der Waals surface area contributed by atoms with Crippen LogP contribution in [0.2, 0.25) is 0 Å². The van der Waals surface area contributed by atoms with E-state index in [1.807, 2.05) is 35.9 Å². The zero-order valence-corrected chi connectivity index (χ0v) is 14.9. The molecule has 1 amide bonds. The van der Waals surface area contributed by atoms with Gasteiger partial charge in [-0.2, -0.15) is 5.10 Å². The van der Waals surface area contributed by atoms with Gasteiger partial charge in [-0.25, -0.2) is 4.68 Å². The van der Waals surface area contributed by atoms with E-state index in [9.17, 15) is 9.59 Å². The first kappa shape index (κ1) is 16.8. The van der Waals surface area contributed by atoms with Gasteiger partial charge in [-0.3, -0.25) is 9.59 Å². The van der Waals surface area contributed by atoms with Crippen molar-refractivity contribution in [3.8, 4) is 5.69 Å². The van der Waals surface area contributed by atoms with Gasteiger partial charge in [0.2, 0.25) is 0 Å². The molecule has 0 bridgehead atoms. The van der Waals surface area contributed by atoms with E-state index in [0.717, 1.165) is 36.2 Å². The normalized spacial score (nSPS) is 21.6. The van der Waals surface area contributed by atoms with Crippen molar-refractivity contribution < 1.29 is 14.7 Å². The Hall–Kier alpha value is -2.63. The molecule has 2 aliphatic rings. The van der Waals surface area contributed by atoms with Crippen molar-refractivity contribution in [2.24, 2.45) is 5.92 Å². The predicted octanol–water partition coefficient (Wildman–Crippen LogP) is 2.65. The Kier molecular flexibility index (Phi) is 4.26. The molecule has 2 N–H and O–H groups in total. The molecule has 4 rings (SSSR count). The standard InChI is InChI=1S/C20H23N3O3/c1-12-5-9-15(10-6-12)23-17-4-2-3-16(17)18(22-23)19(24)21-14-8-7-13(11-14)20(25)26/h5-6,9-10,13-14H,2-4,7-8,11H2,1H3,(H,21,24)(H,25,26)/t13-,14+/m0/s1. The highest BCUT2D eigenvalue weighted by Gasteiger charge is 2.33. The van der Waals surface area contributed by atoms with Gasteiger partial charge in [0.15, 0.2) is 5.69 Å². The van der Waals surface area contributed by atoms with Crippen LogP contribution in [0.15, 0.2) is 24.3 Å². The zero-order valence-electron chi connectivity index (χ0n) is 14.9. The number of aromatic nitrogens is 2. The molecule has 0 aliphatic heterocycles. The number of hydrogen-bond acceptors (Lipinski definition) is 3. The quantitative estimate of drug-likeness (QED) is 0.885. The highest BCUT2D eigenvalue weighted by Crippen LogP contribution is 2.29. The average molecular weight is 353 g/mol. The number of hydrogen-bond donors (Lipinski definition) is 2. The molecule has 0 saturated heterocycles. The Bertz CT molecular complexity index is 854. The van der Waals surface area contributed by atoms with Crippen LogP contribution < -0.4 is 5.32 Å². The number of amides is 1. The number of rotatable bonds is 4. The Morgan fingerprint density at radius 2 is 1.96 bits per heavy atom. The summed E-state index contributed by atoms with van der Waals surface area (Å²) in [4.78, 5) is 23.9. The first-order chi connectivity index (χ1) is 12.5. The highest BCUT2D eigenvalue weighted by molar-refractivity contribution is 5.94. The summed E-state index contributed by atoms with van der Waals surface area (Å²) in [5.41, 5.74) is 4.81. The minimum atomic E-state index is -0.772. The number of benzene rings is 1. The highest BCUT2D eigenvalue weighted by atomic mass is 16.4. The third-order valence-electron chi connectivity index (χ3n) is 5.54. The van der Waals surface area contributed by atoms with Crippen LogP contribution in [0.3, 0.4) is 0 Å². The zero-order chi connectivity index (χ0) is 18.3. The van der Waals surface area contributed by atoms with E-state index in [2.05, 4.69) is 10.4 Å². The molecule has 1 heterocycles. The van der Waals surface area contributed by atoms with Gasteiger partial charge in [-0.05, 0) is 57.6 Å². The lowest BCUT2D eigenvalue weighted by Crippen LogP contribution is -2.34. The minimum Gasteiger partial charge on any atom is -0.481 e. The van der Waals surface area contributed by atoms with Crippen LogP contribution in [0, 0.1) is 12.8 Å².